The molecule has 0 unspecified atom stereocenters. The molecular weight excluding hydrogens is 448 g/mol. The molecule has 4 rings (SSSR count). The first-order valence-corrected chi connectivity index (χ1v) is 11.1. The number of hydrogen-bond donors (Lipinski definition) is 1. The topological polar surface area (TPSA) is 60.5 Å². The number of carbonyl (C=O) groups is 1. The predicted octanol–water partition coefficient (Wildman–Crippen LogP) is 6.84. The number of nitrogens with zero attached hydrogens (tertiary/aromatic N) is 1. The molecule has 4 aromatic rings. The van der Waals surface area contributed by atoms with Crippen LogP contribution < -0.4 is 14.8 Å². The largest absolute Gasteiger partial charge is 0.497 e. The molecule has 0 atom stereocenters. The molecule has 5 nitrogen and oxygen atoms in total. The highest BCUT2D eigenvalue weighted by Crippen LogP contribution is 2.39. The number of ether oxygens (including phenoxy) is 2. The van der Waals surface area contributed by atoms with Crippen LogP contribution in [0.2, 0.25) is 5.02 Å². The Morgan fingerprint density at radius 1 is 1.03 bits per heavy atom. The summed E-state index contributed by atoms with van der Waals surface area (Å²) in [6, 6.07) is 17.2. The van der Waals surface area contributed by atoms with E-state index in [0.717, 1.165) is 38.7 Å². The number of methoxy groups -OCH3 is 2. The molecule has 0 fully saturated rings. The van der Waals surface area contributed by atoms with Gasteiger partial charge in [0, 0.05) is 33.2 Å². The second-order valence-electron chi connectivity index (χ2n) is 7.94. The molecule has 0 saturated heterocycles. The minimum atomic E-state index is -0.302. The van der Waals surface area contributed by atoms with Crippen molar-refractivity contribution in [1.29, 1.82) is 0 Å². The Bertz CT molecular complexity index is 1410. The average Bonchev–Trinajstić information content (AvgIpc) is 2.83. The fraction of sp³-hybridized carbons (Fsp3) is 0.143. The summed E-state index contributed by atoms with van der Waals surface area (Å²) in [5, 5.41) is 4.52. The lowest BCUT2D eigenvalue weighted by Crippen LogP contribution is -2.10. The molecule has 0 bridgehead atoms. The van der Waals surface area contributed by atoms with E-state index in [2.05, 4.69) is 22.4 Å². The second kappa shape index (κ2) is 9.98. The Labute approximate surface area is 204 Å². The molecule has 0 aliphatic heterocycles. The van der Waals surface area contributed by atoms with Crippen molar-refractivity contribution in [3.63, 3.8) is 0 Å². The lowest BCUT2D eigenvalue weighted by Gasteiger charge is -2.16. The van der Waals surface area contributed by atoms with Crippen LogP contribution in [0.3, 0.4) is 0 Å². The van der Waals surface area contributed by atoms with Gasteiger partial charge in [-0.15, -0.1) is 0 Å². The lowest BCUT2D eigenvalue weighted by atomic mass is 9.96. The van der Waals surface area contributed by atoms with Crippen LogP contribution in [0.15, 0.2) is 66.9 Å². The first-order valence-electron chi connectivity index (χ1n) is 10.8. The fourth-order valence-corrected chi connectivity index (χ4v) is 4.25. The van der Waals surface area contributed by atoms with Gasteiger partial charge in [-0.3, -0.25) is 9.78 Å². The molecule has 0 radical (unpaired) electrons. The van der Waals surface area contributed by atoms with E-state index in [1.165, 1.54) is 6.08 Å². The van der Waals surface area contributed by atoms with Gasteiger partial charge in [-0.1, -0.05) is 41.4 Å². The Balaban J connectivity index is 1.77. The van der Waals surface area contributed by atoms with Crippen molar-refractivity contribution in [3.05, 3.63) is 88.6 Å². The Hall–Kier alpha value is -3.83. The van der Waals surface area contributed by atoms with Crippen molar-refractivity contribution < 1.29 is 14.3 Å². The zero-order chi connectivity index (χ0) is 24.2. The van der Waals surface area contributed by atoms with Gasteiger partial charge < -0.3 is 14.8 Å². The lowest BCUT2D eigenvalue weighted by molar-refractivity contribution is -0.111. The Morgan fingerprint density at radius 2 is 1.82 bits per heavy atom. The Morgan fingerprint density at radius 3 is 2.56 bits per heavy atom. The zero-order valence-electron chi connectivity index (χ0n) is 19.5. The van der Waals surface area contributed by atoms with E-state index in [1.54, 1.807) is 44.7 Å². The van der Waals surface area contributed by atoms with Gasteiger partial charge in [0.1, 0.15) is 11.5 Å². The summed E-state index contributed by atoms with van der Waals surface area (Å²) in [4.78, 5) is 17.6. The molecule has 1 N–H and O–H groups in total. The number of amides is 1. The normalized spacial score (nSPS) is 11.1. The van der Waals surface area contributed by atoms with Crippen LogP contribution >= 0.6 is 11.6 Å². The number of anilines is 1. The van der Waals surface area contributed by atoms with Crippen molar-refractivity contribution in [3.8, 4) is 22.6 Å². The molecule has 0 saturated carbocycles. The van der Waals surface area contributed by atoms with Gasteiger partial charge >= 0.3 is 0 Å². The van der Waals surface area contributed by atoms with Gasteiger partial charge in [0.2, 0.25) is 5.91 Å². The summed E-state index contributed by atoms with van der Waals surface area (Å²) in [7, 11) is 3.17. The van der Waals surface area contributed by atoms with E-state index < -0.39 is 0 Å². The highest BCUT2D eigenvalue weighted by Gasteiger charge is 2.16. The molecule has 1 heterocycles. The van der Waals surface area contributed by atoms with Crippen LogP contribution in [0.4, 0.5) is 5.69 Å². The quantitative estimate of drug-likeness (QED) is 0.312. The van der Waals surface area contributed by atoms with Gasteiger partial charge in [0.15, 0.2) is 0 Å². The summed E-state index contributed by atoms with van der Waals surface area (Å²) >= 11 is 6.58. The SMILES string of the molecule is COc1ccc(OC)c(C=CC(=O)Nc2cnc3c(C)cc(C)cc3c2-c2ccccc2Cl)c1. The van der Waals surface area contributed by atoms with Crippen molar-refractivity contribution in [2.75, 3.05) is 19.5 Å². The maximum Gasteiger partial charge on any atom is 0.248 e. The van der Waals surface area contributed by atoms with Crippen LogP contribution in [0.1, 0.15) is 16.7 Å². The third-order valence-corrected chi connectivity index (χ3v) is 5.89. The van der Waals surface area contributed by atoms with Crippen molar-refractivity contribution in [1.82, 2.24) is 4.98 Å². The Kier molecular flexibility index (Phi) is 6.85. The molecule has 6 heteroatoms. The number of carbonyl (C=O) groups excluding carboxylic acids is 1. The minimum absolute atomic E-state index is 0.302. The number of halogens is 1. The summed E-state index contributed by atoms with van der Waals surface area (Å²) in [5.74, 6) is 1.01. The zero-order valence-corrected chi connectivity index (χ0v) is 20.2. The van der Waals surface area contributed by atoms with Crippen molar-refractivity contribution in [2.24, 2.45) is 0 Å². The summed E-state index contributed by atoms with van der Waals surface area (Å²) in [6.45, 7) is 4.07. The third kappa shape index (κ3) is 4.75. The first kappa shape index (κ1) is 23.3. The number of hydrogen-bond acceptors (Lipinski definition) is 4. The molecule has 172 valence electrons. The summed E-state index contributed by atoms with van der Waals surface area (Å²) in [6.07, 6.45) is 4.83. The van der Waals surface area contributed by atoms with E-state index >= 15 is 0 Å². The van der Waals surface area contributed by atoms with Crippen LogP contribution in [-0.4, -0.2) is 25.1 Å². The standard InChI is InChI=1S/C28H25ClN2O3/c1-17-13-18(2)28-22(14-17)27(21-7-5-6-8-23(21)29)24(16-30-28)31-26(32)12-9-19-15-20(33-3)10-11-25(19)34-4/h5-16H,1-4H3,(H,31,32). The molecule has 0 aliphatic carbocycles. The molecule has 0 aliphatic rings. The van der Waals surface area contributed by atoms with E-state index in [9.17, 15) is 4.79 Å². The molecule has 34 heavy (non-hydrogen) atoms. The highest BCUT2D eigenvalue weighted by atomic mass is 35.5. The van der Waals surface area contributed by atoms with Gasteiger partial charge in [-0.05, 0) is 55.8 Å². The minimum Gasteiger partial charge on any atom is -0.497 e. The van der Waals surface area contributed by atoms with E-state index in [0.29, 0.717) is 22.2 Å². The van der Waals surface area contributed by atoms with Gasteiger partial charge in [0.05, 0.1) is 31.6 Å². The number of aromatic nitrogens is 1. The van der Waals surface area contributed by atoms with Gasteiger partial charge in [0.25, 0.3) is 0 Å². The average molecular weight is 473 g/mol. The van der Waals surface area contributed by atoms with Gasteiger partial charge in [-0.2, -0.15) is 0 Å². The molecular formula is C28H25ClN2O3. The number of pyridine rings is 1. The predicted molar refractivity (Wildman–Crippen MR) is 139 cm³/mol. The third-order valence-electron chi connectivity index (χ3n) is 5.56. The van der Waals surface area contributed by atoms with Crippen LogP contribution in [0.5, 0.6) is 11.5 Å². The molecule has 1 aromatic heterocycles. The van der Waals surface area contributed by atoms with E-state index in [4.69, 9.17) is 21.1 Å². The number of fused-ring (bicyclic) bond motifs is 1. The molecule has 0 spiro atoms. The molecule has 3 aromatic carbocycles. The number of benzene rings is 3. The highest BCUT2D eigenvalue weighted by molar-refractivity contribution is 6.34. The maximum atomic E-state index is 12.9. The van der Waals surface area contributed by atoms with Gasteiger partial charge in [-0.25, -0.2) is 0 Å². The number of rotatable bonds is 6. The number of aryl methyl sites for hydroxylation is 2. The summed E-state index contributed by atoms with van der Waals surface area (Å²) < 4.78 is 10.7. The second-order valence-corrected chi connectivity index (χ2v) is 8.34. The molecule has 1 amide bonds. The number of nitrogens with one attached hydrogen (secondary N) is 1. The maximum absolute atomic E-state index is 12.9. The van der Waals surface area contributed by atoms with E-state index in [1.807, 2.05) is 38.1 Å². The van der Waals surface area contributed by atoms with Crippen LogP contribution in [-0.2, 0) is 4.79 Å². The smallest absolute Gasteiger partial charge is 0.248 e. The fourth-order valence-electron chi connectivity index (χ4n) is 4.02. The summed E-state index contributed by atoms with van der Waals surface area (Å²) in [5.41, 5.74) is 6.01. The first-order chi connectivity index (χ1) is 16.4. The van der Waals surface area contributed by atoms with Crippen LogP contribution in [0, 0.1) is 13.8 Å². The van der Waals surface area contributed by atoms with Crippen molar-refractivity contribution >= 4 is 40.2 Å². The van der Waals surface area contributed by atoms with Crippen molar-refractivity contribution in [2.45, 2.75) is 13.8 Å². The van der Waals surface area contributed by atoms with E-state index in [-0.39, 0.29) is 5.91 Å². The monoisotopic (exact) mass is 472 g/mol. The van der Waals surface area contributed by atoms with Crippen LogP contribution in [0.25, 0.3) is 28.1 Å².